The Morgan fingerprint density at radius 1 is 1.00 bits per heavy atom. The Labute approximate surface area is 106 Å². The predicted octanol–water partition coefficient (Wildman–Crippen LogP) is 4.29. The molecule has 0 spiro atoms. The third kappa shape index (κ3) is 2.47. The van der Waals surface area contributed by atoms with E-state index in [1.54, 1.807) is 0 Å². The molecule has 0 aliphatic carbocycles. The molecule has 0 saturated heterocycles. The van der Waals surface area contributed by atoms with Crippen LogP contribution in [0, 0.1) is 0 Å². The molecule has 0 aromatic heterocycles. The van der Waals surface area contributed by atoms with E-state index in [2.05, 4.69) is 0 Å². The number of hydrogen-bond donors (Lipinski definition) is 0. The van der Waals surface area contributed by atoms with Crippen molar-refractivity contribution >= 4 is 22.4 Å². The van der Waals surface area contributed by atoms with Crippen molar-refractivity contribution in [2.75, 3.05) is 13.2 Å². The van der Waals surface area contributed by atoms with E-state index in [4.69, 9.17) is 21.1 Å². The van der Waals surface area contributed by atoms with Gasteiger partial charge in [-0.3, -0.25) is 0 Å². The molecule has 0 radical (unpaired) electrons. The monoisotopic (exact) mass is 250 g/mol. The molecule has 0 N–H and O–H groups in total. The maximum absolute atomic E-state index is 6.13. The fourth-order valence-corrected chi connectivity index (χ4v) is 2.02. The standard InChI is InChI=1S/C14H15ClO2/c1-3-16-11-6-7-12-10(9-11)5-8-13(15)14(12)17-4-2/h5-9H,3-4H2,1-2H3. The van der Waals surface area contributed by atoms with E-state index in [-0.39, 0.29) is 0 Å². The Balaban J connectivity index is 2.54. The molecule has 2 aromatic carbocycles. The first-order valence-electron chi connectivity index (χ1n) is 5.74. The van der Waals surface area contributed by atoms with Gasteiger partial charge in [-0.05, 0) is 43.5 Å². The van der Waals surface area contributed by atoms with Gasteiger partial charge in [0.2, 0.25) is 0 Å². The molecule has 90 valence electrons. The molecular formula is C14H15ClO2. The summed E-state index contributed by atoms with van der Waals surface area (Å²) < 4.78 is 11.0. The Morgan fingerprint density at radius 3 is 2.47 bits per heavy atom. The minimum Gasteiger partial charge on any atom is -0.494 e. The van der Waals surface area contributed by atoms with Crippen LogP contribution in [-0.2, 0) is 0 Å². The quantitative estimate of drug-likeness (QED) is 0.806. The van der Waals surface area contributed by atoms with Gasteiger partial charge in [0.25, 0.3) is 0 Å². The summed E-state index contributed by atoms with van der Waals surface area (Å²) in [7, 11) is 0. The molecule has 0 saturated carbocycles. The molecule has 0 heterocycles. The number of hydrogen-bond acceptors (Lipinski definition) is 2. The van der Waals surface area contributed by atoms with E-state index in [0.717, 1.165) is 22.3 Å². The fourth-order valence-electron chi connectivity index (χ4n) is 1.80. The number of fused-ring (bicyclic) bond motifs is 1. The largest absolute Gasteiger partial charge is 0.494 e. The molecule has 0 bridgehead atoms. The first-order chi connectivity index (χ1) is 8.26. The van der Waals surface area contributed by atoms with E-state index >= 15 is 0 Å². The third-order valence-electron chi connectivity index (χ3n) is 2.49. The summed E-state index contributed by atoms with van der Waals surface area (Å²) in [6, 6.07) is 9.74. The minimum atomic E-state index is 0.603. The molecule has 2 nitrogen and oxygen atoms in total. The summed E-state index contributed by atoms with van der Waals surface area (Å²) >= 11 is 6.13. The van der Waals surface area contributed by atoms with Gasteiger partial charge in [0, 0.05) is 5.39 Å². The molecule has 0 atom stereocenters. The molecule has 0 fully saturated rings. The van der Waals surface area contributed by atoms with Crippen molar-refractivity contribution < 1.29 is 9.47 Å². The lowest BCUT2D eigenvalue weighted by Crippen LogP contribution is -1.94. The van der Waals surface area contributed by atoms with Crippen molar-refractivity contribution in [2.45, 2.75) is 13.8 Å². The second-order valence-electron chi connectivity index (χ2n) is 3.63. The van der Waals surface area contributed by atoms with Gasteiger partial charge in [-0.2, -0.15) is 0 Å². The normalized spacial score (nSPS) is 10.5. The fraction of sp³-hybridized carbons (Fsp3) is 0.286. The molecule has 0 unspecified atom stereocenters. The van der Waals surface area contributed by atoms with Crippen molar-refractivity contribution in [1.29, 1.82) is 0 Å². The van der Waals surface area contributed by atoms with Crippen LogP contribution in [0.2, 0.25) is 5.02 Å². The van der Waals surface area contributed by atoms with Gasteiger partial charge in [-0.25, -0.2) is 0 Å². The van der Waals surface area contributed by atoms with Crippen LogP contribution < -0.4 is 9.47 Å². The van der Waals surface area contributed by atoms with E-state index < -0.39 is 0 Å². The first kappa shape index (κ1) is 12.1. The van der Waals surface area contributed by atoms with E-state index in [9.17, 15) is 0 Å². The zero-order valence-corrected chi connectivity index (χ0v) is 10.8. The summed E-state index contributed by atoms with van der Waals surface area (Å²) in [6.45, 7) is 5.19. The molecular weight excluding hydrogens is 236 g/mol. The molecule has 3 heteroatoms. The van der Waals surface area contributed by atoms with Crippen LogP contribution in [0.3, 0.4) is 0 Å². The van der Waals surface area contributed by atoms with Crippen LogP contribution in [0.15, 0.2) is 30.3 Å². The van der Waals surface area contributed by atoms with Gasteiger partial charge < -0.3 is 9.47 Å². The van der Waals surface area contributed by atoms with E-state index in [0.29, 0.717) is 18.2 Å². The predicted molar refractivity (Wildman–Crippen MR) is 71.3 cm³/mol. The highest BCUT2D eigenvalue weighted by Gasteiger charge is 2.07. The number of rotatable bonds is 4. The minimum absolute atomic E-state index is 0.603. The molecule has 17 heavy (non-hydrogen) atoms. The SMILES string of the molecule is CCOc1ccc2c(OCC)c(Cl)ccc2c1. The summed E-state index contributed by atoms with van der Waals surface area (Å²) in [5, 5.41) is 2.73. The Bertz CT molecular complexity index is 523. The smallest absolute Gasteiger partial charge is 0.145 e. The lowest BCUT2D eigenvalue weighted by atomic mass is 10.1. The topological polar surface area (TPSA) is 18.5 Å². The van der Waals surface area contributed by atoms with Gasteiger partial charge >= 0.3 is 0 Å². The van der Waals surface area contributed by atoms with E-state index in [1.165, 1.54) is 0 Å². The van der Waals surface area contributed by atoms with Gasteiger partial charge in [-0.1, -0.05) is 17.7 Å². The van der Waals surface area contributed by atoms with Gasteiger partial charge in [-0.15, -0.1) is 0 Å². The van der Waals surface area contributed by atoms with Crippen molar-refractivity contribution in [3.8, 4) is 11.5 Å². The second-order valence-corrected chi connectivity index (χ2v) is 4.03. The van der Waals surface area contributed by atoms with Gasteiger partial charge in [0.05, 0.1) is 18.2 Å². The molecule has 0 amide bonds. The zero-order chi connectivity index (χ0) is 12.3. The summed E-state index contributed by atoms with van der Waals surface area (Å²) in [6.07, 6.45) is 0. The maximum Gasteiger partial charge on any atom is 0.145 e. The Morgan fingerprint density at radius 2 is 1.76 bits per heavy atom. The summed E-state index contributed by atoms with van der Waals surface area (Å²) in [4.78, 5) is 0. The number of halogens is 1. The van der Waals surface area contributed by atoms with Crippen LogP contribution >= 0.6 is 11.6 Å². The summed E-state index contributed by atoms with van der Waals surface area (Å²) in [5.74, 6) is 1.61. The Hall–Kier alpha value is -1.41. The van der Waals surface area contributed by atoms with Crippen LogP contribution in [0.4, 0.5) is 0 Å². The van der Waals surface area contributed by atoms with Crippen LogP contribution in [0.25, 0.3) is 10.8 Å². The highest BCUT2D eigenvalue weighted by molar-refractivity contribution is 6.33. The Kier molecular flexibility index (Phi) is 3.75. The van der Waals surface area contributed by atoms with Crippen molar-refractivity contribution in [3.05, 3.63) is 35.4 Å². The average molecular weight is 251 g/mol. The van der Waals surface area contributed by atoms with Crippen LogP contribution in [0.5, 0.6) is 11.5 Å². The molecule has 2 aromatic rings. The van der Waals surface area contributed by atoms with Gasteiger partial charge in [0.15, 0.2) is 0 Å². The second kappa shape index (κ2) is 5.28. The van der Waals surface area contributed by atoms with Crippen LogP contribution in [0.1, 0.15) is 13.8 Å². The highest BCUT2D eigenvalue weighted by atomic mass is 35.5. The van der Waals surface area contributed by atoms with Crippen molar-refractivity contribution in [2.24, 2.45) is 0 Å². The van der Waals surface area contributed by atoms with Gasteiger partial charge in [0.1, 0.15) is 11.5 Å². The number of benzene rings is 2. The lowest BCUT2D eigenvalue weighted by Gasteiger charge is -2.11. The molecule has 2 rings (SSSR count). The van der Waals surface area contributed by atoms with E-state index in [1.807, 2.05) is 44.2 Å². The first-order valence-corrected chi connectivity index (χ1v) is 6.12. The highest BCUT2D eigenvalue weighted by Crippen LogP contribution is 2.35. The average Bonchev–Trinajstić information content (AvgIpc) is 2.33. The third-order valence-corrected chi connectivity index (χ3v) is 2.79. The van der Waals surface area contributed by atoms with Crippen molar-refractivity contribution in [3.63, 3.8) is 0 Å². The molecule has 0 aliphatic rings. The van der Waals surface area contributed by atoms with Crippen molar-refractivity contribution in [1.82, 2.24) is 0 Å². The number of ether oxygens (including phenoxy) is 2. The summed E-state index contributed by atoms with van der Waals surface area (Å²) in [5.41, 5.74) is 0. The zero-order valence-electron chi connectivity index (χ0n) is 10.00. The van der Waals surface area contributed by atoms with Crippen LogP contribution in [-0.4, -0.2) is 13.2 Å². The molecule has 0 aliphatic heterocycles. The lowest BCUT2D eigenvalue weighted by molar-refractivity contribution is 0.340. The maximum atomic E-state index is 6.13.